The molecule has 0 aromatic heterocycles. The first kappa shape index (κ1) is 31.4. The molecular weight excluding hydrogens is 528 g/mol. The Bertz CT molecular complexity index is 1260. The van der Waals surface area contributed by atoms with Gasteiger partial charge in [-0.15, -0.1) is 0 Å². The van der Waals surface area contributed by atoms with Gasteiger partial charge in [0.25, 0.3) is 11.8 Å². The summed E-state index contributed by atoms with van der Waals surface area (Å²) in [6.07, 6.45) is 2.04. The van der Waals surface area contributed by atoms with E-state index in [-0.39, 0.29) is 18.8 Å². The number of primary amides is 1. The van der Waals surface area contributed by atoms with Crippen molar-refractivity contribution in [3.8, 4) is 5.75 Å². The van der Waals surface area contributed by atoms with E-state index in [2.05, 4.69) is 5.32 Å². The zero-order valence-electron chi connectivity index (χ0n) is 24.1. The van der Waals surface area contributed by atoms with Crippen LogP contribution in [0, 0.1) is 5.41 Å². The van der Waals surface area contributed by atoms with Crippen LogP contribution < -0.4 is 15.4 Å². The van der Waals surface area contributed by atoms with E-state index in [1.165, 1.54) is 16.3 Å². The lowest BCUT2D eigenvalue weighted by Gasteiger charge is -2.29. The molecule has 5 amide bonds. The number of carbonyl (C=O) groups excluding carboxylic acids is 5. The Kier molecular flexibility index (Phi) is 10.7. The summed E-state index contributed by atoms with van der Waals surface area (Å²) in [6.45, 7) is 9.06. The van der Waals surface area contributed by atoms with E-state index in [4.69, 9.17) is 9.47 Å². The molecule has 0 spiro atoms. The standard InChI is InChI=1S/C30H38N4O7/c1-6-8-16-41-23-15-14-21(31-19-35)17-22(23)32-26(37)24(25(36)30(3,4)5)34-27(38)28(40-7-2)33(29(34)39)18-20-12-10-9-11-13-20/h9-15,17,24,28H,6-8,16,18,31H2,1-5H3,(H,32,37). The summed E-state index contributed by atoms with van der Waals surface area (Å²) < 4.78 is 11.5. The lowest BCUT2D eigenvalue weighted by Crippen LogP contribution is -2.76. The molecule has 2 unspecified atom stereocenters. The van der Waals surface area contributed by atoms with Crippen molar-refractivity contribution in [2.75, 3.05) is 18.5 Å². The molecule has 11 heteroatoms. The molecular formula is C30H38N4O7. The number of hydrogen-bond donors (Lipinski definition) is 2. The van der Waals surface area contributed by atoms with Crippen molar-refractivity contribution in [2.45, 2.75) is 66.3 Å². The second kappa shape index (κ2) is 14.0. The number of imide groups is 1. The van der Waals surface area contributed by atoms with Gasteiger partial charge in [-0.1, -0.05) is 64.4 Å². The first-order valence-corrected chi connectivity index (χ1v) is 13.7. The number of quaternary nitrogens is 1. The zero-order valence-corrected chi connectivity index (χ0v) is 24.1. The molecule has 2 aromatic carbocycles. The number of ether oxygens (including phenoxy) is 2. The van der Waals surface area contributed by atoms with Gasteiger partial charge in [0, 0.05) is 24.2 Å². The van der Waals surface area contributed by atoms with Crippen molar-refractivity contribution in [1.82, 2.24) is 9.80 Å². The smallest absolute Gasteiger partial charge is 0.330 e. The van der Waals surface area contributed by atoms with Gasteiger partial charge in [0.1, 0.15) is 11.4 Å². The average Bonchev–Trinajstić information content (AvgIpc) is 3.15. The summed E-state index contributed by atoms with van der Waals surface area (Å²) in [4.78, 5) is 67.9. The number of rotatable bonds is 14. The predicted octanol–water partition coefficient (Wildman–Crippen LogP) is 2.88. The van der Waals surface area contributed by atoms with Crippen LogP contribution in [0.1, 0.15) is 53.0 Å². The molecule has 0 aliphatic carbocycles. The first-order chi connectivity index (χ1) is 19.5. The van der Waals surface area contributed by atoms with Crippen molar-refractivity contribution in [2.24, 2.45) is 5.41 Å². The van der Waals surface area contributed by atoms with Gasteiger partial charge in [0.15, 0.2) is 11.8 Å². The molecule has 0 bridgehead atoms. The van der Waals surface area contributed by atoms with Crippen LogP contribution >= 0.6 is 0 Å². The molecule has 41 heavy (non-hydrogen) atoms. The van der Waals surface area contributed by atoms with Gasteiger partial charge in [0.05, 0.1) is 18.8 Å². The minimum Gasteiger partial charge on any atom is -0.491 e. The summed E-state index contributed by atoms with van der Waals surface area (Å²) in [5.41, 5.74) is 0.287. The van der Waals surface area contributed by atoms with Gasteiger partial charge < -0.3 is 24.9 Å². The summed E-state index contributed by atoms with van der Waals surface area (Å²) in [7, 11) is 0. The van der Waals surface area contributed by atoms with Crippen molar-refractivity contribution in [3.63, 3.8) is 0 Å². The molecule has 3 N–H and O–H groups in total. The van der Waals surface area contributed by atoms with Gasteiger partial charge in [-0.2, -0.15) is 0 Å². The maximum atomic E-state index is 13.9. The number of hydrogen-bond acceptors (Lipinski definition) is 7. The van der Waals surface area contributed by atoms with Gasteiger partial charge >= 0.3 is 6.03 Å². The maximum absolute atomic E-state index is 13.9. The Balaban J connectivity index is 2.02. The number of nitrogens with two attached hydrogens (primary N) is 1. The van der Waals surface area contributed by atoms with Crippen molar-refractivity contribution in [1.29, 1.82) is 0 Å². The normalized spacial score (nSPS) is 16.1. The number of nitrogens with one attached hydrogen (secondary N) is 1. The van der Waals surface area contributed by atoms with Gasteiger partial charge in [-0.3, -0.25) is 19.3 Å². The highest BCUT2D eigenvalue weighted by Gasteiger charge is 2.54. The monoisotopic (exact) mass is 566 g/mol. The molecule has 2 atom stereocenters. The number of unbranched alkanes of at least 4 members (excludes halogenated alkanes) is 1. The molecule has 1 aliphatic heterocycles. The molecule has 1 aliphatic rings. The number of amides is 5. The molecule has 220 valence electrons. The number of ketones is 1. The number of nitrogens with zero attached hydrogens (tertiary/aromatic N) is 2. The minimum atomic E-state index is -1.78. The highest BCUT2D eigenvalue weighted by molar-refractivity contribution is 6.19. The highest BCUT2D eigenvalue weighted by Crippen LogP contribution is 2.31. The second-order valence-corrected chi connectivity index (χ2v) is 10.6. The van der Waals surface area contributed by atoms with E-state index in [9.17, 15) is 24.0 Å². The van der Waals surface area contributed by atoms with Crippen LogP contribution in [-0.4, -0.2) is 65.3 Å². The number of anilines is 1. The maximum Gasteiger partial charge on any atom is 0.330 e. The lowest BCUT2D eigenvalue weighted by molar-refractivity contribution is -0.441. The Morgan fingerprint density at radius 3 is 2.41 bits per heavy atom. The quantitative estimate of drug-likeness (QED) is 0.118. The Labute approximate surface area is 240 Å². The number of carbonyl (C=O) groups is 4. The molecule has 2 aromatic rings. The summed E-state index contributed by atoms with van der Waals surface area (Å²) in [5, 5.41) is 3.86. The number of Topliss-reactive ketones (excluding diaryl/α,β-unsaturated/α-hetero) is 1. The topological polar surface area (TPSA) is 139 Å². The average molecular weight is 567 g/mol. The van der Waals surface area contributed by atoms with Gasteiger partial charge in [-0.25, -0.2) is 9.69 Å². The fourth-order valence-corrected chi connectivity index (χ4v) is 4.29. The predicted molar refractivity (Wildman–Crippen MR) is 151 cm³/mol. The number of benzene rings is 2. The molecule has 11 nitrogen and oxygen atoms in total. The van der Waals surface area contributed by atoms with Crippen LogP contribution in [-0.2, 0) is 30.5 Å². The fraction of sp³-hybridized carbons (Fsp3) is 0.433. The lowest BCUT2D eigenvalue weighted by atomic mass is 9.85. The third-order valence-electron chi connectivity index (χ3n) is 6.44. The molecule has 1 saturated heterocycles. The van der Waals surface area contributed by atoms with Crippen LogP contribution in [0.5, 0.6) is 5.75 Å². The zero-order chi connectivity index (χ0) is 30.2. The summed E-state index contributed by atoms with van der Waals surface area (Å²) in [5.74, 6) is -2.02. The molecule has 1 fully saturated rings. The molecule has 1 heterocycles. The second-order valence-electron chi connectivity index (χ2n) is 10.6. The fourth-order valence-electron chi connectivity index (χ4n) is 4.29. The van der Waals surface area contributed by atoms with Crippen LogP contribution in [0.15, 0.2) is 48.5 Å². The van der Waals surface area contributed by atoms with Crippen LogP contribution in [0.3, 0.4) is 0 Å². The highest BCUT2D eigenvalue weighted by atomic mass is 16.5. The van der Waals surface area contributed by atoms with Crippen molar-refractivity contribution < 1.29 is 38.8 Å². The van der Waals surface area contributed by atoms with Gasteiger partial charge in [-0.05, 0) is 31.4 Å². The van der Waals surface area contributed by atoms with Gasteiger partial charge in [0.2, 0.25) is 6.23 Å². The first-order valence-electron chi connectivity index (χ1n) is 13.7. The molecule has 0 saturated carbocycles. The number of urea groups is 1. The van der Waals surface area contributed by atoms with E-state index in [1.807, 2.05) is 13.0 Å². The largest absolute Gasteiger partial charge is 0.491 e. The van der Waals surface area contributed by atoms with Crippen LogP contribution in [0.4, 0.5) is 16.2 Å². The van der Waals surface area contributed by atoms with E-state index in [1.54, 1.807) is 70.5 Å². The Morgan fingerprint density at radius 1 is 1.10 bits per heavy atom. The van der Waals surface area contributed by atoms with E-state index in [0.717, 1.165) is 18.4 Å². The van der Waals surface area contributed by atoms with Crippen molar-refractivity contribution >= 4 is 41.4 Å². The van der Waals surface area contributed by atoms with Crippen LogP contribution in [0.25, 0.3) is 0 Å². The van der Waals surface area contributed by atoms with E-state index in [0.29, 0.717) is 22.9 Å². The summed E-state index contributed by atoms with van der Waals surface area (Å²) >= 11 is 0. The summed E-state index contributed by atoms with van der Waals surface area (Å²) in [6, 6.07) is 11.2. The Morgan fingerprint density at radius 2 is 1.80 bits per heavy atom. The molecule has 3 rings (SSSR count). The Hall–Kier alpha value is -4.09. The molecule has 0 radical (unpaired) electrons. The third kappa shape index (κ3) is 7.56. The van der Waals surface area contributed by atoms with E-state index < -0.39 is 41.3 Å². The SMILES string of the molecule is CCCCOc1ccc([NH2+][C-]=O)cc1NC(=O)C(C(=O)C(C)(C)C)N1C(=O)C(OCC)N(Cc2ccccc2)C1=O. The third-order valence-corrected chi connectivity index (χ3v) is 6.44. The van der Waals surface area contributed by atoms with Crippen molar-refractivity contribution in [3.05, 3.63) is 54.1 Å². The van der Waals surface area contributed by atoms with E-state index >= 15 is 0 Å². The minimum absolute atomic E-state index is 0.0418. The van der Waals surface area contributed by atoms with Crippen LogP contribution in [0.2, 0.25) is 0 Å².